The van der Waals surface area contributed by atoms with E-state index in [2.05, 4.69) is 29.0 Å². The topological polar surface area (TPSA) is 95.1 Å². The SMILES string of the molecule is CCN(CC)CCCNc1ncc([N+](=O)[O-])cc1C#N. The molecule has 0 aliphatic rings. The second kappa shape index (κ2) is 8.07. The highest BCUT2D eigenvalue weighted by atomic mass is 16.6. The summed E-state index contributed by atoms with van der Waals surface area (Å²) in [4.78, 5) is 16.3. The van der Waals surface area contributed by atoms with Gasteiger partial charge in [-0.2, -0.15) is 5.26 Å². The number of anilines is 1. The van der Waals surface area contributed by atoms with Gasteiger partial charge in [0.25, 0.3) is 5.69 Å². The van der Waals surface area contributed by atoms with E-state index in [9.17, 15) is 10.1 Å². The zero-order valence-corrected chi connectivity index (χ0v) is 11.8. The molecule has 1 rings (SSSR count). The number of nitrogens with zero attached hydrogens (tertiary/aromatic N) is 4. The molecule has 0 amide bonds. The van der Waals surface area contributed by atoms with Gasteiger partial charge in [0.15, 0.2) is 0 Å². The largest absolute Gasteiger partial charge is 0.369 e. The van der Waals surface area contributed by atoms with Crippen molar-refractivity contribution in [1.29, 1.82) is 5.26 Å². The molecule has 0 aliphatic heterocycles. The maximum Gasteiger partial charge on any atom is 0.289 e. The molecule has 1 N–H and O–H groups in total. The van der Waals surface area contributed by atoms with Crippen LogP contribution in [-0.4, -0.2) is 41.0 Å². The molecule has 0 spiro atoms. The summed E-state index contributed by atoms with van der Waals surface area (Å²) in [6.45, 7) is 7.89. The molecule has 0 bridgehead atoms. The van der Waals surface area contributed by atoms with Crippen molar-refractivity contribution in [3.63, 3.8) is 0 Å². The average Bonchev–Trinajstić information content (AvgIpc) is 2.47. The third-order valence-corrected chi connectivity index (χ3v) is 3.04. The normalized spacial score (nSPS) is 10.3. The Bertz CT molecular complexity index is 494. The highest BCUT2D eigenvalue weighted by Gasteiger charge is 2.11. The number of rotatable bonds is 8. The van der Waals surface area contributed by atoms with Crippen LogP contribution in [0.15, 0.2) is 12.3 Å². The summed E-state index contributed by atoms with van der Waals surface area (Å²) in [5, 5.41) is 22.6. The van der Waals surface area contributed by atoms with Gasteiger partial charge in [-0.25, -0.2) is 4.98 Å². The number of pyridine rings is 1. The summed E-state index contributed by atoms with van der Waals surface area (Å²) >= 11 is 0. The summed E-state index contributed by atoms with van der Waals surface area (Å²) in [5.41, 5.74) is 0.0253. The van der Waals surface area contributed by atoms with Crippen molar-refractivity contribution in [3.8, 4) is 6.07 Å². The van der Waals surface area contributed by atoms with Crippen LogP contribution in [0, 0.1) is 21.4 Å². The maximum atomic E-state index is 10.6. The summed E-state index contributed by atoms with van der Waals surface area (Å²) in [6.07, 6.45) is 2.08. The zero-order valence-electron chi connectivity index (χ0n) is 11.8. The van der Waals surface area contributed by atoms with Crippen molar-refractivity contribution in [2.75, 3.05) is 31.5 Å². The zero-order chi connectivity index (χ0) is 15.0. The van der Waals surface area contributed by atoms with Crippen LogP contribution in [0.3, 0.4) is 0 Å². The highest BCUT2D eigenvalue weighted by Crippen LogP contribution is 2.17. The minimum absolute atomic E-state index is 0.171. The van der Waals surface area contributed by atoms with Gasteiger partial charge in [-0.15, -0.1) is 0 Å². The first-order chi connectivity index (χ1) is 9.62. The monoisotopic (exact) mass is 277 g/mol. The van der Waals surface area contributed by atoms with E-state index in [1.807, 2.05) is 6.07 Å². The number of nitrogens with one attached hydrogen (secondary N) is 1. The molecule has 0 aliphatic carbocycles. The first kappa shape index (κ1) is 15.9. The van der Waals surface area contributed by atoms with E-state index >= 15 is 0 Å². The van der Waals surface area contributed by atoms with Gasteiger partial charge in [-0.1, -0.05) is 13.8 Å². The van der Waals surface area contributed by atoms with Crippen molar-refractivity contribution in [2.45, 2.75) is 20.3 Å². The molecular weight excluding hydrogens is 258 g/mol. The van der Waals surface area contributed by atoms with Crippen LogP contribution in [0.4, 0.5) is 11.5 Å². The van der Waals surface area contributed by atoms with E-state index in [-0.39, 0.29) is 11.3 Å². The number of aromatic nitrogens is 1. The van der Waals surface area contributed by atoms with Crippen molar-refractivity contribution in [2.24, 2.45) is 0 Å². The Morgan fingerprint density at radius 2 is 2.20 bits per heavy atom. The summed E-state index contributed by atoms with van der Waals surface area (Å²) in [5.74, 6) is 0.401. The van der Waals surface area contributed by atoms with E-state index in [1.165, 1.54) is 6.07 Å². The maximum absolute atomic E-state index is 10.6. The van der Waals surface area contributed by atoms with Gasteiger partial charge >= 0.3 is 0 Å². The standard InChI is InChI=1S/C13H19N5O2/c1-3-17(4-2)7-5-6-15-13-11(9-14)8-12(10-16-13)18(19)20/h8,10H,3-7H2,1-2H3,(H,15,16). The molecule has 20 heavy (non-hydrogen) atoms. The van der Waals surface area contributed by atoms with Crippen molar-refractivity contribution in [1.82, 2.24) is 9.88 Å². The van der Waals surface area contributed by atoms with Gasteiger partial charge in [0.1, 0.15) is 23.6 Å². The number of nitriles is 1. The highest BCUT2D eigenvalue weighted by molar-refractivity contribution is 5.55. The summed E-state index contributed by atoms with van der Waals surface area (Å²) < 4.78 is 0. The first-order valence-corrected chi connectivity index (χ1v) is 6.63. The molecule has 0 radical (unpaired) electrons. The van der Waals surface area contributed by atoms with Crippen LogP contribution in [0.25, 0.3) is 0 Å². The lowest BCUT2D eigenvalue weighted by Crippen LogP contribution is -2.25. The Hall–Kier alpha value is -2.20. The molecule has 108 valence electrons. The van der Waals surface area contributed by atoms with Crippen molar-refractivity contribution >= 4 is 11.5 Å². The van der Waals surface area contributed by atoms with Gasteiger partial charge < -0.3 is 10.2 Å². The van der Waals surface area contributed by atoms with Gasteiger partial charge in [0.05, 0.1) is 4.92 Å². The van der Waals surface area contributed by atoms with E-state index in [0.717, 1.165) is 32.3 Å². The second-order valence-electron chi connectivity index (χ2n) is 4.27. The molecule has 0 fully saturated rings. The number of nitro groups is 1. The fourth-order valence-corrected chi connectivity index (χ4v) is 1.83. The lowest BCUT2D eigenvalue weighted by Gasteiger charge is -2.17. The number of hydrogen-bond acceptors (Lipinski definition) is 6. The average molecular weight is 277 g/mol. The van der Waals surface area contributed by atoms with Crippen LogP contribution >= 0.6 is 0 Å². The molecule has 7 nitrogen and oxygen atoms in total. The fraction of sp³-hybridized carbons (Fsp3) is 0.538. The van der Waals surface area contributed by atoms with Crippen LogP contribution in [0.5, 0.6) is 0 Å². The molecular formula is C13H19N5O2. The van der Waals surface area contributed by atoms with Gasteiger partial charge in [-0.3, -0.25) is 10.1 Å². The molecule has 0 unspecified atom stereocenters. The summed E-state index contributed by atoms with van der Waals surface area (Å²) in [6, 6.07) is 3.16. The quantitative estimate of drug-likeness (QED) is 0.443. The van der Waals surface area contributed by atoms with Crippen molar-refractivity contribution < 1.29 is 4.92 Å². The molecule has 0 saturated carbocycles. The predicted molar refractivity (Wildman–Crippen MR) is 76.5 cm³/mol. The van der Waals surface area contributed by atoms with Gasteiger partial charge in [0, 0.05) is 12.6 Å². The summed E-state index contributed by atoms with van der Waals surface area (Å²) in [7, 11) is 0. The number of hydrogen-bond donors (Lipinski definition) is 1. The van der Waals surface area contributed by atoms with E-state index in [1.54, 1.807) is 0 Å². The molecule has 7 heteroatoms. The molecule has 0 aromatic carbocycles. The van der Waals surface area contributed by atoms with Gasteiger partial charge in [0.2, 0.25) is 0 Å². The van der Waals surface area contributed by atoms with Crippen molar-refractivity contribution in [3.05, 3.63) is 27.9 Å². The molecule has 0 atom stereocenters. The Balaban J connectivity index is 2.56. The van der Waals surface area contributed by atoms with E-state index in [4.69, 9.17) is 5.26 Å². The minimum Gasteiger partial charge on any atom is -0.369 e. The minimum atomic E-state index is -0.558. The van der Waals surface area contributed by atoms with Crippen LogP contribution in [-0.2, 0) is 0 Å². The van der Waals surface area contributed by atoms with E-state index in [0.29, 0.717) is 12.4 Å². The molecule has 1 aromatic rings. The Kier molecular flexibility index (Phi) is 6.40. The van der Waals surface area contributed by atoms with Gasteiger partial charge in [-0.05, 0) is 26.1 Å². The fourth-order valence-electron chi connectivity index (χ4n) is 1.83. The predicted octanol–water partition coefficient (Wildman–Crippen LogP) is 2.01. The Morgan fingerprint density at radius 3 is 2.75 bits per heavy atom. The van der Waals surface area contributed by atoms with Crippen LogP contribution < -0.4 is 5.32 Å². The molecule has 1 aromatic heterocycles. The second-order valence-corrected chi connectivity index (χ2v) is 4.27. The Labute approximate surface area is 118 Å². The van der Waals surface area contributed by atoms with Crippen LogP contribution in [0.2, 0.25) is 0 Å². The lowest BCUT2D eigenvalue weighted by molar-refractivity contribution is -0.385. The molecule has 0 saturated heterocycles. The lowest BCUT2D eigenvalue weighted by atomic mass is 10.2. The third-order valence-electron chi connectivity index (χ3n) is 3.04. The first-order valence-electron chi connectivity index (χ1n) is 6.63. The smallest absolute Gasteiger partial charge is 0.289 e. The third kappa shape index (κ3) is 4.48. The Morgan fingerprint density at radius 1 is 1.50 bits per heavy atom. The van der Waals surface area contributed by atoms with E-state index < -0.39 is 4.92 Å². The molecule has 1 heterocycles. The van der Waals surface area contributed by atoms with Crippen LogP contribution in [0.1, 0.15) is 25.8 Å².